The number of benzene rings is 1. The summed E-state index contributed by atoms with van der Waals surface area (Å²) in [6.07, 6.45) is 3.49. The summed E-state index contributed by atoms with van der Waals surface area (Å²) in [5.74, 6) is -1.44. The molecule has 29 heavy (non-hydrogen) atoms. The number of carboxylic acids is 1. The van der Waals surface area contributed by atoms with Crippen molar-refractivity contribution >= 4 is 47.2 Å². The molecule has 4 rings (SSSR count). The maximum Gasteiger partial charge on any atom is 0.352 e. The Hall–Kier alpha value is -2.98. The molecule has 1 fully saturated rings. The van der Waals surface area contributed by atoms with E-state index in [9.17, 15) is 19.5 Å². The molecular formula is C19H16N4O4S2. The van der Waals surface area contributed by atoms with E-state index in [2.05, 4.69) is 14.9 Å². The van der Waals surface area contributed by atoms with Gasteiger partial charge in [-0.25, -0.2) is 4.79 Å². The highest BCUT2D eigenvalue weighted by Gasteiger charge is 2.53. The van der Waals surface area contributed by atoms with Gasteiger partial charge in [0.15, 0.2) is 0 Å². The summed E-state index contributed by atoms with van der Waals surface area (Å²) in [5, 5.41) is 17.6. The van der Waals surface area contributed by atoms with E-state index in [-0.39, 0.29) is 18.0 Å². The van der Waals surface area contributed by atoms with Crippen LogP contribution < -0.4 is 5.32 Å². The number of thioether (sulfide) groups is 1. The standard InChI is InChI=1S/C19H16N4O4S2/c24-14(8-11-4-2-1-3-5-11)20-15-17(25)23-16(19(26)27)12(9-28-18(15)23)6-7-13-10-29-22-21-13/h1-7,10,15,18H,8-9H2,(H,20,24)(H,26,27)/t15-,18+/m1/s1. The van der Waals surface area contributed by atoms with Crippen LogP contribution in [0.3, 0.4) is 0 Å². The van der Waals surface area contributed by atoms with Crippen molar-refractivity contribution in [1.82, 2.24) is 19.8 Å². The first-order valence-corrected chi connectivity index (χ1v) is 10.6. The largest absolute Gasteiger partial charge is 0.477 e. The lowest BCUT2D eigenvalue weighted by Crippen LogP contribution is -2.70. The molecule has 0 aliphatic carbocycles. The number of fused-ring (bicyclic) bond motifs is 1. The van der Waals surface area contributed by atoms with Crippen molar-refractivity contribution in [3.63, 3.8) is 0 Å². The first kappa shape index (κ1) is 19.3. The topological polar surface area (TPSA) is 112 Å². The minimum atomic E-state index is -1.17. The number of β-lactam (4-membered cyclic amide) rings is 1. The molecule has 2 atom stereocenters. The minimum Gasteiger partial charge on any atom is -0.477 e. The van der Waals surface area contributed by atoms with Crippen LogP contribution in [0.2, 0.25) is 0 Å². The monoisotopic (exact) mass is 428 g/mol. The fourth-order valence-electron chi connectivity index (χ4n) is 3.21. The second kappa shape index (κ2) is 8.18. The molecule has 10 heteroatoms. The van der Waals surface area contributed by atoms with E-state index in [1.807, 2.05) is 30.3 Å². The molecule has 3 heterocycles. The number of rotatable bonds is 6. The molecule has 0 saturated carbocycles. The zero-order chi connectivity index (χ0) is 20.4. The van der Waals surface area contributed by atoms with E-state index in [1.54, 1.807) is 17.5 Å². The van der Waals surface area contributed by atoms with Crippen LogP contribution in [0.5, 0.6) is 0 Å². The number of carbonyl (C=O) groups is 3. The van der Waals surface area contributed by atoms with Crippen LogP contribution in [0.1, 0.15) is 11.3 Å². The third-order valence-corrected chi connectivity index (χ3v) is 6.38. The van der Waals surface area contributed by atoms with Gasteiger partial charge in [-0.3, -0.25) is 14.5 Å². The highest BCUT2D eigenvalue weighted by Crippen LogP contribution is 2.40. The van der Waals surface area contributed by atoms with Gasteiger partial charge in [0, 0.05) is 11.1 Å². The number of hydrogen-bond donors (Lipinski definition) is 2. The van der Waals surface area contributed by atoms with E-state index < -0.39 is 23.3 Å². The molecule has 2 N–H and O–H groups in total. The third-order valence-electron chi connectivity index (χ3n) is 4.56. The van der Waals surface area contributed by atoms with Crippen molar-refractivity contribution in [2.75, 3.05) is 5.75 Å². The summed E-state index contributed by atoms with van der Waals surface area (Å²) in [7, 11) is 0. The second-order valence-corrected chi connectivity index (χ2v) is 8.17. The SMILES string of the molecule is O=C(Cc1ccccc1)N[C@@H]1C(=O)N2C(C(=O)O)=C(C=Cc3csnn3)CS[C@@H]12. The Labute approximate surface area is 174 Å². The molecule has 0 bridgehead atoms. The predicted molar refractivity (Wildman–Crippen MR) is 109 cm³/mol. The van der Waals surface area contributed by atoms with Crippen LogP contribution in [0.15, 0.2) is 53.1 Å². The summed E-state index contributed by atoms with van der Waals surface area (Å²) >= 11 is 2.62. The summed E-state index contributed by atoms with van der Waals surface area (Å²) in [5.41, 5.74) is 1.95. The molecule has 2 aliphatic rings. The van der Waals surface area contributed by atoms with Crippen molar-refractivity contribution in [3.05, 3.63) is 64.3 Å². The zero-order valence-electron chi connectivity index (χ0n) is 15.0. The van der Waals surface area contributed by atoms with Crippen LogP contribution >= 0.6 is 23.3 Å². The van der Waals surface area contributed by atoms with Crippen molar-refractivity contribution < 1.29 is 19.5 Å². The molecular weight excluding hydrogens is 412 g/mol. The Morgan fingerprint density at radius 1 is 1.28 bits per heavy atom. The first-order valence-electron chi connectivity index (χ1n) is 8.74. The maximum absolute atomic E-state index is 12.6. The lowest BCUT2D eigenvalue weighted by Gasteiger charge is -2.49. The third kappa shape index (κ3) is 3.94. The Bertz CT molecular complexity index is 1000. The fourth-order valence-corrected chi connectivity index (χ4v) is 4.95. The number of hydrogen-bond acceptors (Lipinski definition) is 7. The molecule has 0 spiro atoms. The molecule has 8 nitrogen and oxygen atoms in total. The van der Waals surface area contributed by atoms with E-state index in [4.69, 9.17) is 0 Å². The van der Waals surface area contributed by atoms with Gasteiger partial charge in [0.2, 0.25) is 5.91 Å². The summed E-state index contributed by atoms with van der Waals surface area (Å²) in [6.45, 7) is 0. The zero-order valence-corrected chi connectivity index (χ0v) is 16.7. The fraction of sp³-hybridized carbons (Fsp3) is 0.211. The molecule has 2 amide bonds. The Balaban J connectivity index is 1.48. The molecule has 148 valence electrons. The number of aliphatic carboxylic acids is 1. The van der Waals surface area contributed by atoms with Gasteiger partial charge in [-0.1, -0.05) is 40.9 Å². The average Bonchev–Trinajstić information content (AvgIpc) is 3.24. The molecule has 1 aromatic heterocycles. The molecule has 1 aromatic carbocycles. The second-order valence-electron chi connectivity index (χ2n) is 6.46. The number of aromatic nitrogens is 2. The van der Waals surface area contributed by atoms with Crippen molar-refractivity contribution in [2.24, 2.45) is 0 Å². The van der Waals surface area contributed by atoms with E-state index in [0.717, 1.165) is 5.56 Å². The van der Waals surface area contributed by atoms with Gasteiger partial charge in [-0.2, -0.15) is 0 Å². The number of allylic oxidation sites excluding steroid dienone is 1. The molecule has 1 saturated heterocycles. The minimum absolute atomic E-state index is 0.0493. The van der Waals surface area contributed by atoms with Crippen LogP contribution in [-0.4, -0.2) is 54.5 Å². The predicted octanol–water partition coefficient (Wildman–Crippen LogP) is 1.53. The van der Waals surface area contributed by atoms with E-state index >= 15 is 0 Å². The normalized spacial score (nSPS) is 21.1. The molecule has 0 radical (unpaired) electrons. The van der Waals surface area contributed by atoms with Crippen LogP contribution in [0.25, 0.3) is 6.08 Å². The van der Waals surface area contributed by atoms with Crippen molar-refractivity contribution in [3.8, 4) is 0 Å². The van der Waals surface area contributed by atoms with Gasteiger partial charge in [0.1, 0.15) is 17.1 Å². The lowest BCUT2D eigenvalue weighted by atomic mass is 10.0. The number of carbonyl (C=O) groups excluding carboxylic acids is 2. The van der Waals surface area contributed by atoms with E-state index in [1.165, 1.54) is 28.2 Å². The highest BCUT2D eigenvalue weighted by molar-refractivity contribution is 8.00. The summed E-state index contributed by atoms with van der Waals surface area (Å²) in [6, 6.07) is 8.51. The number of carboxylic acid groups (broad SMARTS) is 1. The highest BCUT2D eigenvalue weighted by atomic mass is 32.2. The lowest BCUT2D eigenvalue weighted by molar-refractivity contribution is -0.150. The summed E-state index contributed by atoms with van der Waals surface area (Å²) < 4.78 is 3.76. The number of amides is 2. The quantitative estimate of drug-likeness (QED) is 0.671. The van der Waals surface area contributed by atoms with Gasteiger partial charge < -0.3 is 10.4 Å². The number of nitrogens with one attached hydrogen (secondary N) is 1. The first-order chi connectivity index (χ1) is 14.0. The molecule has 2 aliphatic heterocycles. The molecule has 0 unspecified atom stereocenters. The molecule has 2 aromatic rings. The van der Waals surface area contributed by atoms with Gasteiger partial charge in [0.25, 0.3) is 5.91 Å². The summed E-state index contributed by atoms with van der Waals surface area (Å²) in [4.78, 5) is 38.0. The van der Waals surface area contributed by atoms with Crippen LogP contribution in [0.4, 0.5) is 0 Å². The van der Waals surface area contributed by atoms with E-state index in [0.29, 0.717) is 17.0 Å². The average molecular weight is 428 g/mol. The Kier molecular flexibility index (Phi) is 5.45. The Morgan fingerprint density at radius 2 is 2.07 bits per heavy atom. The van der Waals surface area contributed by atoms with Gasteiger partial charge >= 0.3 is 5.97 Å². The van der Waals surface area contributed by atoms with Crippen molar-refractivity contribution in [2.45, 2.75) is 17.8 Å². The number of nitrogens with zero attached hydrogens (tertiary/aromatic N) is 3. The Morgan fingerprint density at radius 3 is 2.76 bits per heavy atom. The van der Waals surface area contributed by atoms with Crippen LogP contribution in [0, 0.1) is 0 Å². The van der Waals surface area contributed by atoms with Gasteiger partial charge in [-0.15, -0.1) is 16.9 Å². The smallest absolute Gasteiger partial charge is 0.352 e. The van der Waals surface area contributed by atoms with Crippen molar-refractivity contribution in [1.29, 1.82) is 0 Å². The van der Waals surface area contributed by atoms with Gasteiger partial charge in [-0.05, 0) is 28.7 Å². The van der Waals surface area contributed by atoms with Crippen LogP contribution in [-0.2, 0) is 20.8 Å². The maximum atomic E-state index is 12.6. The van der Waals surface area contributed by atoms with Gasteiger partial charge in [0.05, 0.1) is 12.1 Å².